The van der Waals surface area contributed by atoms with Crippen molar-refractivity contribution in [1.29, 1.82) is 0 Å². The van der Waals surface area contributed by atoms with Gasteiger partial charge in [0.2, 0.25) is 5.91 Å². The summed E-state index contributed by atoms with van der Waals surface area (Å²) in [5.41, 5.74) is 0.837. The molecule has 0 aliphatic heterocycles. The molecule has 5 heteroatoms. The van der Waals surface area contributed by atoms with E-state index in [-0.39, 0.29) is 11.5 Å². The van der Waals surface area contributed by atoms with E-state index >= 15 is 0 Å². The summed E-state index contributed by atoms with van der Waals surface area (Å²) in [6.45, 7) is 2.07. The molecule has 1 rings (SSSR count). The Morgan fingerprint density at radius 3 is 2.62 bits per heavy atom. The molecule has 0 spiro atoms. The number of carboxylic acids is 1. The predicted octanol–water partition coefficient (Wildman–Crippen LogP) is 2.06. The van der Waals surface area contributed by atoms with Crippen LogP contribution in [0.4, 0.5) is 0 Å². The number of carboxylic acid groups (broad SMARTS) is 1. The third-order valence-corrected chi connectivity index (χ3v) is 2.45. The Kier molecular flexibility index (Phi) is 4.31. The Labute approximate surface area is 98.2 Å². The fourth-order valence-electron chi connectivity index (χ4n) is 1.14. The van der Waals surface area contributed by atoms with Gasteiger partial charge in [0.1, 0.15) is 0 Å². The van der Waals surface area contributed by atoms with Crippen LogP contribution in [0.25, 0.3) is 0 Å². The first-order valence-electron chi connectivity index (χ1n) is 4.83. The standard InChI is InChI=1S/C11H12ClNO3/c1-2-10(14)13-6-8-4-3-7(11(15)16)5-9(8)12/h3-5H,2,6H2,1H3,(H,13,14)(H,15,16). The number of hydrogen-bond donors (Lipinski definition) is 2. The number of hydrogen-bond acceptors (Lipinski definition) is 2. The summed E-state index contributed by atoms with van der Waals surface area (Å²) in [6, 6.07) is 4.43. The van der Waals surface area contributed by atoms with Crippen LogP contribution in [-0.2, 0) is 11.3 Å². The highest BCUT2D eigenvalue weighted by Gasteiger charge is 2.07. The second kappa shape index (κ2) is 5.51. The fourth-order valence-corrected chi connectivity index (χ4v) is 1.39. The van der Waals surface area contributed by atoms with Crippen molar-refractivity contribution in [3.63, 3.8) is 0 Å². The average molecular weight is 242 g/mol. The van der Waals surface area contributed by atoms with Gasteiger partial charge in [0.25, 0.3) is 0 Å². The van der Waals surface area contributed by atoms with Crippen molar-refractivity contribution in [1.82, 2.24) is 5.32 Å². The number of carbonyl (C=O) groups is 2. The Balaban J connectivity index is 2.75. The van der Waals surface area contributed by atoms with Crippen LogP contribution < -0.4 is 5.32 Å². The highest BCUT2D eigenvalue weighted by molar-refractivity contribution is 6.31. The molecule has 0 aliphatic carbocycles. The van der Waals surface area contributed by atoms with Gasteiger partial charge in [-0.1, -0.05) is 24.6 Å². The fraction of sp³-hybridized carbons (Fsp3) is 0.273. The molecular weight excluding hydrogens is 230 g/mol. The maximum absolute atomic E-state index is 11.0. The number of amides is 1. The van der Waals surface area contributed by atoms with Gasteiger partial charge in [-0.05, 0) is 17.7 Å². The van der Waals surface area contributed by atoms with Crippen molar-refractivity contribution >= 4 is 23.5 Å². The second-order valence-corrected chi connectivity index (χ2v) is 3.65. The molecule has 2 N–H and O–H groups in total. The first-order valence-corrected chi connectivity index (χ1v) is 5.20. The van der Waals surface area contributed by atoms with Gasteiger partial charge in [-0.15, -0.1) is 0 Å². The minimum Gasteiger partial charge on any atom is -0.478 e. The normalized spacial score (nSPS) is 9.88. The van der Waals surface area contributed by atoms with E-state index in [0.717, 1.165) is 0 Å². The van der Waals surface area contributed by atoms with Gasteiger partial charge < -0.3 is 10.4 Å². The average Bonchev–Trinajstić information content (AvgIpc) is 2.26. The number of rotatable bonds is 4. The number of carbonyl (C=O) groups excluding carboxylic acids is 1. The van der Waals surface area contributed by atoms with Gasteiger partial charge in [-0.25, -0.2) is 4.79 Å². The number of nitrogens with one attached hydrogen (secondary N) is 1. The zero-order chi connectivity index (χ0) is 12.1. The summed E-state index contributed by atoms with van der Waals surface area (Å²) in [5, 5.41) is 11.7. The van der Waals surface area contributed by atoms with Gasteiger partial charge in [-0.2, -0.15) is 0 Å². The molecule has 86 valence electrons. The zero-order valence-electron chi connectivity index (χ0n) is 8.79. The first-order chi connectivity index (χ1) is 7.54. The Morgan fingerprint density at radius 2 is 2.12 bits per heavy atom. The van der Waals surface area contributed by atoms with Crippen molar-refractivity contribution in [2.75, 3.05) is 0 Å². The van der Waals surface area contributed by atoms with Crippen molar-refractivity contribution in [2.24, 2.45) is 0 Å². The summed E-state index contributed by atoms with van der Waals surface area (Å²) in [6.07, 6.45) is 0.408. The molecule has 1 amide bonds. The topological polar surface area (TPSA) is 66.4 Å². The van der Waals surface area contributed by atoms with Gasteiger partial charge in [0.05, 0.1) is 5.56 Å². The van der Waals surface area contributed by atoms with E-state index in [0.29, 0.717) is 23.6 Å². The Bertz CT molecular complexity index is 418. The van der Waals surface area contributed by atoms with E-state index in [2.05, 4.69) is 5.32 Å². The minimum absolute atomic E-state index is 0.0709. The quantitative estimate of drug-likeness (QED) is 0.848. The van der Waals surface area contributed by atoms with Crippen LogP contribution in [0, 0.1) is 0 Å². The first kappa shape index (κ1) is 12.5. The second-order valence-electron chi connectivity index (χ2n) is 3.24. The molecule has 0 aromatic heterocycles. The lowest BCUT2D eigenvalue weighted by molar-refractivity contribution is -0.120. The van der Waals surface area contributed by atoms with Crippen LogP contribution in [0.3, 0.4) is 0 Å². The van der Waals surface area contributed by atoms with Crippen molar-refractivity contribution < 1.29 is 14.7 Å². The van der Waals surface area contributed by atoms with E-state index in [1.807, 2.05) is 0 Å². The monoisotopic (exact) mass is 241 g/mol. The zero-order valence-corrected chi connectivity index (χ0v) is 9.54. The Morgan fingerprint density at radius 1 is 1.44 bits per heavy atom. The summed E-state index contributed by atoms with van der Waals surface area (Å²) in [5.74, 6) is -1.09. The van der Waals surface area contributed by atoms with Crippen molar-refractivity contribution in [3.05, 3.63) is 34.3 Å². The highest BCUT2D eigenvalue weighted by Crippen LogP contribution is 2.17. The lowest BCUT2D eigenvalue weighted by atomic mass is 10.1. The maximum Gasteiger partial charge on any atom is 0.335 e. The van der Waals surface area contributed by atoms with E-state index in [1.165, 1.54) is 12.1 Å². The third kappa shape index (κ3) is 3.24. The lowest BCUT2D eigenvalue weighted by Crippen LogP contribution is -2.21. The smallest absolute Gasteiger partial charge is 0.335 e. The minimum atomic E-state index is -1.02. The molecule has 0 saturated heterocycles. The van der Waals surface area contributed by atoms with Gasteiger partial charge in [-0.3, -0.25) is 4.79 Å². The van der Waals surface area contributed by atoms with Gasteiger partial charge in [0, 0.05) is 18.0 Å². The molecule has 0 radical (unpaired) electrons. The van der Waals surface area contributed by atoms with E-state index in [9.17, 15) is 9.59 Å². The van der Waals surface area contributed by atoms with E-state index in [4.69, 9.17) is 16.7 Å². The van der Waals surface area contributed by atoms with Crippen molar-refractivity contribution in [2.45, 2.75) is 19.9 Å². The van der Waals surface area contributed by atoms with E-state index < -0.39 is 5.97 Å². The molecule has 0 unspecified atom stereocenters. The van der Waals surface area contributed by atoms with Crippen LogP contribution in [0.5, 0.6) is 0 Å². The number of aromatic carboxylic acids is 1. The molecule has 0 heterocycles. The largest absolute Gasteiger partial charge is 0.478 e. The molecule has 0 fully saturated rings. The summed E-state index contributed by atoms with van der Waals surface area (Å²) < 4.78 is 0. The van der Waals surface area contributed by atoms with Crippen LogP contribution in [-0.4, -0.2) is 17.0 Å². The Hall–Kier alpha value is -1.55. The molecular formula is C11H12ClNO3. The van der Waals surface area contributed by atoms with Crippen LogP contribution >= 0.6 is 11.6 Å². The predicted molar refractivity (Wildman–Crippen MR) is 60.5 cm³/mol. The molecule has 1 aromatic rings. The molecule has 0 aliphatic rings. The van der Waals surface area contributed by atoms with Gasteiger partial charge in [0.15, 0.2) is 0 Å². The summed E-state index contributed by atoms with van der Waals surface area (Å²) in [4.78, 5) is 21.7. The number of halogens is 1. The maximum atomic E-state index is 11.0. The molecule has 0 atom stereocenters. The van der Waals surface area contributed by atoms with Crippen LogP contribution in [0.2, 0.25) is 5.02 Å². The van der Waals surface area contributed by atoms with Crippen molar-refractivity contribution in [3.8, 4) is 0 Å². The molecule has 4 nitrogen and oxygen atoms in total. The summed E-state index contributed by atoms with van der Waals surface area (Å²) >= 11 is 5.89. The van der Waals surface area contributed by atoms with Crippen LogP contribution in [0.15, 0.2) is 18.2 Å². The highest BCUT2D eigenvalue weighted by atomic mass is 35.5. The third-order valence-electron chi connectivity index (χ3n) is 2.10. The van der Waals surface area contributed by atoms with Crippen LogP contribution in [0.1, 0.15) is 29.3 Å². The number of benzene rings is 1. The lowest BCUT2D eigenvalue weighted by Gasteiger charge is -2.06. The SMILES string of the molecule is CCC(=O)NCc1ccc(C(=O)O)cc1Cl. The molecule has 16 heavy (non-hydrogen) atoms. The molecule has 0 bridgehead atoms. The molecule has 1 aromatic carbocycles. The van der Waals surface area contributed by atoms with E-state index in [1.54, 1.807) is 13.0 Å². The summed E-state index contributed by atoms with van der Waals surface area (Å²) in [7, 11) is 0. The molecule has 0 saturated carbocycles. The van der Waals surface area contributed by atoms with Gasteiger partial charge >= 0.3 is 5.97 Å².